The summed E-state index contributed by atoms with van der Waals surface area (Å²) in [7, 11) is 0. The van der Waals surface area contributed by atoms with E-state index in [2.05, 4.69) is 5.32 Å². The maximum atomic E-state index is 10.9. The highest BCUT2D eigenvalue weighted by Crippen LogP contribution is 2.11. The lowest BCUT2D eigenvalue weighted by Gasteiger charge is -2.13. The number of aliphatic hydroxyl groups is 1. The molecule has 1 rings (SSSR count). The van der Waals surface area contributed by atoms with Gasteiger partial charge in [0.25, 0.3) is 0 Å². The summed E-state index contributed by atoms with van der Waals surface area (Å²) in [5.74, 6) is 0.216. The molecule has 0 fully saturated rings. The summed E-state index contributed by atoms with van der Waals surface area (Å²) in [5, 5.41) is 11.7. The Bertz CT molecular complexity index is 187. The van der Waals surface area contributed by atoms with Gasteiger partial charge >= 0.3 is 0 Å². The van der Waals surface area contributed by atoms with E-state index in [0.29, 0.717) is 6.42 Å². The van der Waals surface area contributed by atoms with E-state index in [1.54, 1.807) is 6.08 Å². The molecule has 0 saturated carbocycles. The number of allylic oxidation sites excluding steroid dienone is 2. The molecule has 0 aromatic carbocycles. The number of hydrogen-bond acceptors (Lipinski definition) is 3. The fraction of sp³-hybridized carbons (Fsp3) is 0.667. The first-order chi connectivity index (χ1) is 5.83. The zero-order valence-electron chi connectivity index (χ0n) is 7.18. The minimum Gasteiger partial charge on any atom is -0.396 e. The highest BCUT2D eigenvalue weighted by molar-refractivity contribution is 5.90. The molecule has 0 heterocycles. The smallest absolute Gasteiger partial charge is 0.157 e. The Kier molecular flexibility index (Phi) is 3.80. The zero-order chi connectivity index (χ0) is 8.81. The minimum atomic E-state index is 0.203. The second-order valence-electron chi connectivity index (χ2n) is 2.99. The molecular weight excluding hydrogens is 154 g/mol. The van der Waals surface area contributed by atoms with Crippen molar-refractivity contribution in [2.45, 2.75) is 25.7 Å². The van der Waals surface area contributed by atoms with Crippen LogP contribution in [0.2, 0.25) is 0 Å². The Balaban J connectivity index is 2.26. The largest absolute Gasteiger partial charge is 0.396 e. The molecule has 0 radical (unpaired) electrons. The minimum absolute atomic E-state index is 0.203. The van der Waals surface area contributed by atoms with E-state index < -0.39 is 0 Å². The molecule has 12 heavy (non-hydrogen) atoms. The van der Waals surface area contributed by atoms with Crippen LogP contribution in [0.15, 0.2) is 11.8 Å². The highest BCUT2D eigenvalue weighted by Gasteiger charge is 2.08. The van der Waals surface area contributed by atoms with Crippen molar-refractivity contribution in [3.8, 4) is 0 Å². The molecule has 0 unspecified atom stereocenters. The fourth-order valence-electron chi connectivity index (χ4n) is 1.26. The first kappa shape index (κ1) is 9.26. The van der Waals surface area contributed by atoms with E-state index in [9.17, 15) is 4.79 Å². The predicted molar refractivity (Wildman–Crippen MR) is 46.6 cm³/mol. The Labute approximate surface area is 72.5 Å². The molecule has 0 bridgehead atoms. The molecule has 0 atom stereocenters. The average Bonchev–Trinajstić information content (AvgIpc) is 2.05. The monoisotopic (exact) mass is 169 g/mol. The summed E-state index contributed by atoms with van der Waals surface area (Å²) in [4.78, 5) is 10.9. The molecule has 3 heteroatoms. The van der Waals surface area contributed by atoms with Crippen LogP contribution in [0.3, 0.4) is 0 Å². The van der Waals surface area contributed by atoms with E-state index in [0.717, 1.165) is 31.5 Å². The lowest BCUT2D eigenvalue weighted by molar-refractivity contribution is -0.115. The van der Waals surface area contributed by atoms with Crippen LogP contribution in [0.5, 0.6) is 0 Å². The highest BCUT2D eigenvalue weighted by atomic mass is 16.3. The van der Waals surface area contributed by atoms with E-state index >= 15 is 0 Å². The third-order valence-corrected chi connectivity index (χ3v) is 1.89. The first-order valence-electron chi connectivity index (χ1n) is 4.41. The van der Waals surface area contributed by atoms with Crippen LogP contribution in [0.4, 0.5) is 0 Å². The van der Waals surface area contributed by atoms with E-state index in [1.165, 1.54) is 0 Å². The fourth-order valence-corrected chi connectivity index (χ4v) is 1.26. The zero-order valence-corrected chi connectivity index (χ0v) is 7.18. The molecule has 0 saturated heterocycles. The van der Waals surface area contributed by atoms with Crippen LogP contribution in [0.25, 0.3) is 0 Å². The molecule has 0 amide bonds. The first-order valence-corrected chi connectivity index (χ1v) is 4.41. The number of rotatable bonds is 4. The molecule has 0 aromatic rings. The summed E-state index contributed by atoms with van der Waals surface area (Å²) in [6.45, 7) is 0.962. The van der Waals surface area contributed by atoms with Gasteiger partial charge in [0, 0.05) is 31.3 Å². The number of ketones is 1. The molecular formula is C9H15NO2. The summed E-state index contributed by atoms with van der Waals surface area (Å²) in [6, 6.07) is 0. The van der Waals surface area contributed by atoms with E-state index in [4.69, 9.17) is 5.11 Å². The van der Waals surface area contributed by atoms with E-state index in [-0.39, 0.29) is 12.4 Å². The SMILES string of the molecule is O=C1C=C(NCCCO)CCC1. The number of hydrogen-bond donors (Lipinski definition) is 2. The second-order valence-corrected chi connectivity index (χ2v) is 2.99. The lowest BCUT2D eigenvalue weighted by Crippen LogP contribution is -2.19. The van der Waals surface area contributed by atoms with Crippen molar-refractivity contribution in [3.63, 3.8) is 0 Å². The van der Waals surface area contributed by atoms with Crippen LogP contribution in [-0.2, 0) is 4.79 Å². The average molecular weight is 169 g/mol. The van der Waals surface area contributed by atoms with Gasteiger partial charge in [0.2, 0.25) is 0 Å². The maximum absolute atomic E-state index is 10.9. The van der Waals surface area contributed by atoms with Crippen molar-refractivity contribution in [1.29, 1.82) is 0 Å². The molecule has 2 N–H and O–H groups in total. The third-order valence-electron chi connectivity index (χ3n) is 1.89. The van der Waals surface area contributed by atoms with Gasteiger partial charge in [-0.2, -0.15) is 0 Å². The quantitative estimate of drug-likeness (QED) is 0.606. The normalized spacial score (nSPS) is 17.4. The standard InChI is InChI=1S/C9H15NO2/c11-6-2-5-10-8-3-1-4-9(12)7-8/h7,10-11H,1-6H2. The molecule has 0 aliphatic heterocycles. The number of aliphatic hydroxyl groups excluding tert-OH is 1. The van der Waals surface area contributed by atoms with Crippen molar-refractivity contribution >= 4 is 5.78 Å². The van der Waals surface area contributed by atoms with Crippen molar-refractivity contribution < 1.29 is 9.90 Å². The van der Waals surface area contributed by atoms with Gasteiger partial charge in [-0.15, -0.1) is 0 Å². The summed E-state index contributed by atoms with van der Waals surface area (Å²) in [6.07, 6.45) is 5.03. The van der Waals surface area contributed by atoms with Gasteiger partial charge in [-0.3, -0.25) is 4.79 Å². The van der Waals surface area contributed by atoms with Crippen LogP contribution in [0, 0.1) is 0 Å². The molecule has 0 spiro atoms. The van der Waals surface area contributed by atoms with Crippen molar-refractivity contribution in [3.05, 3.63) is 11.8 Å². The molecule has 1 aliphatic rings. The van der Waals surface area contributed by atoms with Crippen molar-refractivity contribution in [1.82, 2.24) is 5.32 Å². The van der Waals surface area contributed by atoms with Crippen LogP contribution >= 0.6 is 0 Å². The number of carbonyl (C=O) groups is 1. The summed E-state index contributed by atoms with van der Waals surface area (Å²) >= 11 is 0. The second kappa shape index (κ2) is 4.93. The Hall–Kier alpha value is -0.830. The van der Waals surface area contributed by atoms with Crippen LogP contribution in [0.1, 0.15) is 25.7 Å². The van der Waals surface area contributed by atoms with Gasteiger partial charge < -0.3 is 10.4 Å². The summed E-state index contributed by atoms with van der Waals surface area (Å²) in [5.41, 5.74) is 1.03. The topological polar surface area (TPSA) is 49.3 Å². The number of nitrogens with one attached hydrogen (secondary N) is 1. The van der Waals surface area contributed by atoms with Gasteiger partial charge in [-0.05, 0) is 19.3 Å². The van der Waals surface area contributed by atoms with Crippen molar-refractivity contribution in [2.75, 3.05) is 13.2 Å². The van der Waals surface area contributed by atoms with Gasteiger partial charge in [0.05, 0.1) is 0 Å². The van der Waals surface area contributed by atoms with Gasteiger partial charge in [0.15, 0.2) is 5.78 Å². The Morgan fingerprint density at radius 1 is 1.50 bits per heavy atom. The third kappa shape index (κ3) is 3.05. The maximum Gasteiger partial charge on any atom is 0.157 e. The van der Waals surface area contributed by atoms with Gasteiger partial charge in [-0.25, -0.2) is 0 Å². The van der Waals surface area contributed by atoms with Gasteiger partial charge in [-0.1, -0.05) is 0 Å². The van der Waals surface area contributed by atoms with Crippen LogP contribution < -0.4 is 5.32 Å². The van der Waals surface area contributed by atoms with Crippen LogP contribution in [-0.4, -0.2) is 24.0 Å². The molecule has 68 valence electrons. The lowest BCUT2D eigenvalue weighted by atomic mass is 10.0. The van der Waals surface area contributed by atoms with E-state index in [1.807, 2.05) is 0 Å². The molecule has 1 aliphatic carbocycles. The molecule has 0 aromatic heterocycles. The Morgan fingerprint density at radius 2 is 2.33 bits per heavy atom. The molecule has 3 nitrogen and oxygen atoms in total. The summed E-state index contributed by atoms with van der Waals surface area (Å²) < 4.78 is 0. The Morgan fingerprint density at radius 3 is 3.00 bits per heavy atom. The number of carbonyl (C=O) groups excluding carboxylic acids is 1. The predicted octanol–water partition coefficient (Wildman–Crippen LogP) is 0.595. The van der Waals surface area contributed by atoms with Gasteiger partial charge in [0.1, 0.15) is 0 Å². The van der Waals surface area contributed by atoms with Crippen molar-refractivity contribution in [2.24, 2.45) is 0 Å².